The molecule has 0 amide bonds. The number of carbonyl (C=O) groups excluding carboxylic acids is 1. The van der Waals surface area contributed by atoms with Gasteiger partial charge in [-0.1, -0.05) is 15.9 Å². The molecule has 0 spiro atoms. The second kappa shape index (κ2) is 5.64. The summed E-state index contributed by atoms with van der Waals surface area (Å²) in [5.74, 6) is 0.910. The first kappa shape index (κ1) is 14.9. The first-order valence-electron chi connectivity index (χ1n) is 7.54. The van der Waals surface area contributed by atoms with Gasteiger partial charge in [0.1, 0.15) is 5.75 Å². The van der Waals surface area contributed by atoms with Crippen LogP contribution in [0.4, 0.5) is 0 Å². The van der Waals surface area contributed by atoms with Crippen LogP contribution in [-0.4, -0.2) is 19.7 Å². The van der Waals surface area contributed by atoms with Gasteiger partial charge in [-0.25, -0.2) is 0 Å². The Morgan fingerprint density at radius 3 is 2.19 bits per heavy atom. The third-order valence-electron chi connectivity index (χ3n) is 5.38. The highest BCUT2D eigenvalue weighted by Crippen LogP contribution is 2.57. The molecule has 0 unspecified atom stereocenters. The van der Waals surface area contributed by atoms with Gasteiger partial charge in [-0.05, 0) is 62.8 Å². The Bertz CT molecular complexity index is 499. The molecule has 4 rings (SSSR count). The quantitative estimate of drug-likeness (QED) is 0.756. The van der Waals surface area contributed by atoms with E-state index in [4.69, 9.17) is 9.47 Å². The van der Waals surface area contributed by atoms with Crippen LogP contribution in [0.15, 0.2) is 28.7 Å². The highest BCUT2D eigenvalue weighted by molar-refractivity contribution is 9.10. The summed E-state index contributed by atoms with van der Waals surface area (Å²) in [6.45, 7) is 0.756. The number of fused-ring (bicyclic) bond motifs is 3. The van der Waals surface area contributed by atoms with Crippen molar-refractivity contribution in [2.45, 2.75) is 38.5 Å². The van der Waals surface area contributed by atoms with E-state index >= 15 is 0 Å². The molecule has 2 bridgehead atoms. The highest BCUT2D eigenvalue weighted by atomic mass is 79.9. The summed E-state index contributed by atoms with van der Waals surface area (Å²) in [5.41, 5.74) is 0.0525. The summed E-state index contributed by atoms with van der Waals surface area (Å²) in [7, 11) is 1.50. The molecule has 0 radical (unpaired) electrons. The van der Waals surface area contributed by atoms with E-state index in [1.807, 2.05) is 24.3 Å². The summed E-state index contributed by atoms with van der Waals surface area (Å²) in [5, 5.41) is 0. The number of benzene rings is 1. The zero-order chi connectivity index (χ0) is 14.9. The maximum absolute atomic E-state index is 12.0. The molecule has 0 N–H and O–H groups in total. The van der Waals surface area contributed by atoms with Crippen molar-refractivity contribution >= 4 is 21.9 Å². The molecule has 0 saturated heterocycles. The number of halogens is 1. The van der Waals surface area contributed by atoms with E-state index in [-0.39, 0.29) is 16.8 Å². The van der Waals surface area contributed by atoms with Crippen LogP contribution in [0, 0.1) is 10.8 Å². The smallest absolute Gasteiger partial charge is 0.311 e. The van der Waals surface area contributed by atoms with Gasteiger partial charge in [-0.2, -0.15) is 0 Å². The molecule has 3 saturated carbocycles. The fourth-order valence-electron chi connectivity index (χ4n) is 3.77. The topological polar surface area (TPSA) is 35.5 Å². The van der Waals surface area contributed by atoms with Gasteiger partial charge < -0.3 is 9.47 Å². The van der Waals surface area contributed by atoms with E-state index in [9.17, 15) is 4.79 Å². The summed E-state index contributed by atoms with van der Waals surface area (Å²) >= 11 is 3.43. The normalized spacial score (nSPS) is 31.0. The molecule has 0 atom stereocenters. The largest absolute Gasteiger partial charge is 0.493 e. The van der Waals surface area contributed by atoms with Gasteiger partial charge in [0.25, 0.3) is 0 Å². The molecular formula is C17H21BrO3. The SMILES string of the molecule is COC(=O)C12CCC(COc3ccc(Br)cc3)(CC1)CC2. The van der Waals surface area contributed by atoms with Crippen LogP contribution in [0.2, 0.25) is 0 Å². The van der Waals surface area contributed by atoms with Crippen LogP contribution in [0.1, 0.15) is 38.5 Å². The van der Waals surface area contributed by atoms with Crippen molar-refractivity contribution in [2.24, 2.45) is 10.8 Å². The molecule has 3 aliphatic rings. The van der Waals surface area contributed by atoms with Crippen molar-refractivity contribution in [3.05, 3.63) is 28.7 Å². The summed E-state index contributed by atoms with van der Waals surface area (Å²) in [6, 6.07) is 7.98. The molecule has 1 aromatic carbocycles. The minimum Gasteiger partial charge on any atom is -0.493 e. The van der Waals surface area contributed by atoms with Gasteiger partial charge in [0.05, 0.1) is 19.1 Å². The average molecular weight is 353 g/mol. The fourth-order valence-corrected chi connectivity index (χ4v) is 4.03. The van der Waals surface area contributed by atoms with Crippen LogP contribution >= 0.6 is 15.9 Å². The lowest BCUT2D eigenvalue weighted by atomic mass is 9.54. The molecule has 3 aliphatic carbocycles. The van der Waals surface area contributed by atoms with Gasteiger partial charge >= 0.3 is 5.97 Å². The average Bonchev–Trinajstić information content (AvgIpc) is 2.55. The maximum Gasteiger partial charge on any atom is 0.311 e. The van der Waals surface area contributed by atoms with Crippen LogP contribution in [-0.2, 0) is 9.53 Å². The minimum atomic E-state index is -0.200. The Morgan fingerprint density at radius 2 is 1.67 bits per heavy atom. The lowest BCUT2D eigenvalue weighted by Gasteiger charge is -2.51. The summed E-state index contributed by atoms with van der Waals surface area (Å²) in [4.78, 5) is 12.0. The Labute approximate surface area is 134 Å². The Balaban J connectivity index is 1.61. The van der Waals surface area contributed by atoms with Crippen LogP contribution < -0.4 is 4.74 Å². The Hall–Kier alpha value is -1.03. The fraction of sp³-hybridized carbons (Fsp3) is 0.588. The second-order valence-corrected chi connectivity index (χ2v) is 7.43. The van der Waals surface area contributed by atoms with Crippen LogP contribution in [0.25, 0.3) is 0 Å². The molecule has 0 aliphatic heterocycles. The number of ether oxygens (including phenoxy) is 2. The van der Waals surface area contributed by atoms with Crippen molar-refractivity contribution < 1.29 is 14.3 Å². The van der Waals surface area contributed by atoms with E-state index in [2.05, 4.69) is 15.9 Å². The van der Waals surface area contributed by atoms with Gasteiger partial charge in [0, 0.05) is 9.89 Å². The molecular weight excluding hydrogens is 332 g/mol. The first-order valence-corrected chi connectivity index (χ1v) is 8.34. The predicted octanol–water partition coefficient (Wildman–Crippen LogP) is 4.34. The van der Waals surface area contributed by atoms with Gasteiger partial charge in [-0.15, -0.1) is 0 Å². The van der Waals surface area contributed by atoms with Crippen LogP contribution in [0.3, 0.4) is 0 Å². The van der Waals surface area contributed by atoms with E-state index in [0.717, 1.165) is 55.4 Å². The van der Waals surface area contributed by atoms with Crippen molar-refractivity contribution in [1.29, 1.82) is 0 Å². The number of methoxy groups -OCH3 is 1. The number of carbonyl (C=O) groups is 1. The van der Waals surface area contributed by atoms with Crippen molar-refractivity contribution in [3.63, 3.8) is 0 Å². The number of esters is 1. The lowest BCUT2D eigenvalue weighted by molar-refractivity contribution is -0.163. The second-order valence-electron chi connectivity index (χ2n) is 6.51. The first-order chi connectivity index (χ1) is 10.1. The molecule has 3 fully saturated rings. The van der Waals surface area contributed by atoms with Gasteiger partial charge in [-0.3, -0.25) is 4.79 Å². The predicted molar refractivity (Wildman–Crippen MR) is 84.2 cm³/mol. The number of hydrogen-bond donors (Lipinski definition) is 0. The zero-order valence-corrected chi connectivity index (χ0v) is 13.9. The molecule has 21 heavy (non-hydrogen) atoms. The monoisotopic (exact) mass is 352 g/mol. The van der Waals surface area contributed by atoms with E-state index < -0.39 is 0 Å². The van der Waals surface area contributed by atoms with E-state index in [0.29, 0.717) is 0 Å². The third-order valence-corrected chi connectivity index (χ3v) is 5.91. The molecule has 3 nitrogen and oxygen atoms in total. The molecule has 4 heteroatoms. The Morgan fingerprint density at radius 1 is 1.10 bits per heavy atom. The molecule has 0 aromatic heterocycles. The van der Waals surface area contributed by atoms with Crippen molar-refractivity contribution in [2.75, 3.05) is 13.7 Å². The van der Waals surface area contributed by atoms with Crippen LogP contribution in [0.5, 0.6) is 5.75 Å². The number of hydrogen-bond acceptors (Lipinski definition) is 3. The summed E-state index contributed by atoms with van der Waals surface area (Å²) in [6.07, 6.45) is 6.05. The van der Waals surface area contributed by atoms with E-state index in [1.54, 1.807) is 0 Å². The maximum atomic E-state index is 12.0. The number of rotatable bonds is 4. The minimum absolute atomic E-state index is 0.00960. The van der Waals surface area contributed by atoms with Gasteiger partial charge in [0.15, 0.2) is 0 Å². The standard InChI is InChI=1S/C17H21BrO3/c1-20-15(19)17-9-6-16(7-10-17,8-11-17)12-21-14-4-2-13(18)3-5-14/h2-5H,6-12H2,1H3. The third kappa shape index (κ3) is 2.83. The zero-order valence-electron chi connectivity index (χ0n) is 12.4. The Kier molecular flexibility index (Phi) is 4.00. The highest BCUT2D eigenvalue weighted by Gasteiger charge is 2.53. The molecule has 114 valence electrons. The van der Waals surface area contributed by atoms with E-state index in [1.165, 1.54) is 7.11 Å². The van der Waals surface area contributed by atoms with Crippen molar-refractivity contribution in [1.82, 2.24) is 0 Å². The lowest BCUT2D eigenvalue weighted by Crippen LogP contribution is -2.48. The summed E-state index contributed by atoms with van der Waals surface area (Å²) < 4.78 is 12.1. The molecule has 1 aromatic rings. The molecule has 0 heterocycles. The van der Waals surface area contributed by atoms with Gasteiger partial charge in [0.2, 0.25) is 0 Å². The van der Waals surface area contributed by atoms with Crippen molar-refractivity contribution in [3.8, 4) is 5.75 Å².